The van der Waals surface area contributed by atoms with Gasteiger partial charge in [-0.2, -0.15) is 5.10 Å². The SMILES string of the molecule is Cc1cc(C)c2nc(Nc3nccc(-c4cn(-c5ccc(F)cc5)nc4C)n3)nc(C)c2c1. The lowest BCUT2D eigenvalue weighted by Crippen LogP contribution is -2.04. The molecule has 0 unspecified atom stereocenters. The van der Waals surface area contributed by atoms with Crippen LogP contribution in [0.1, 0.15) is 22.5 Å². The highest BCUT2D eigenvalue weighted by Gasteiger charge is 2.13. The lowest BCUT2D eigenvalue weighted by molar-refractivity contribution is 0.627. The summed E-state index contributed by atoms with van der Waals surface area (Å²) < 4.78 is 15.0. The van der Waals surface area contributed by atoms with Gasteiger partial charge in [-0.25, -0.2) is 29.0 Å². The summed E-state index contributed by atoms with van der Waals surface area (Å²) in [5, 5.41) is 8.73. The molecule has 3 aromatic heterocycles. The average molecular weight is 439 g/mol. The number of hydrogen-bond acceptors (Lipinski definition) is 6. The topological polar surface area (TPSA) is 81.4 Å². The Morgan fingerprint density at radius 2 is 1.64 bits per heavy atom. The molecule has 7 nitrogen and oxygen atoms in total. The summed E-state index contributed by atoms with van der Waals surface area (Å²) in [6.07, 6.45) is 3.55. The van der Waals surface area contributed by atoms with Crippen molar-refractivity contribution in [3.05, 3.63) is 83.2 Å². The highest BCUT2D eigenvalue weighted by atomic mass is 19.1. The van der Waals surface area contributed by atoms with Crippen LogP contribution in [0.5, 0.6) is 0 Å². The summed E-state index contributed by atoms with van der Waals surface area (Å²) in [7, 11) is 0. The van der Waals surface area contributed by atoms with E-state index in [1.165, 1.54) is 17.7 Å². The molecule has 1 N–H and O–H groups in total. The molecule has 0 saturated heterocycles. The minimum Gasteiger partial charge on any atom is -0.293 e. The third-order valence-electron chi connectivity index (χ3n) is 5.47. The van der Waals surface area contributed by atoms with Crippen molar-refractivity contribution in [3.8, 4) is 16.9 Å². The van der Waals surface area contributed by atoms with E-state index in [-0.39, 0.29) is 5.82 Å². The second kappa shape index (κ2) is 8.05. The Kier molecular flexibility index (Phi) is 5.05. The van der Waals surface area contributed by atoms with Crippen LogP contribution in [0.4, 0.5) is 16.3 Å². The number of benzene rings is 2. The number of anilines is 2. The van der Waals surface area contributed by atoms with E-state index in [1.54, 1.807) is 23.0 Å². The fraction of sp³-hybridized carbons (Fsp3) is 0.160. The summed E-state index contributed by atoms with van der Waals surface area (Å²) in [5.74, 6) is 0.554. The van der Waals surface area contributed by atoms with E-state index < -0.39 is 0 Å². The molecule has 0 aliphatic heterocycles. The Balaban J connectivity index is 1.48. The zero-order chi connectivity index (χ0) is 23.1. The number of aromatic nitrogens is 6. The van der Waals surface area contributed by atoms with E-state index in [2.05, 4.69) is 44.4 Å². The minimum absolute atomic E-state index is 0.286. The second-order valence-electron chi connectivity index (χ2n) is 8.05. The molecule has 5 aromatic rings. The first kappa shape index (κ1) is 20.7. The van der Waals surface area contributed by atoms with Crippen LogP contribution < -0.4 is 5.32 Å². The van der Waals surface area contributed by atoms with Gasteiger partial charge >= 0.3 is 0 Å². The first-order chi connectivity index (χ1) is 15.9. The van der Waals surface area contributed by atoms with Crippen LogP contribution in [0.3, 0.4) is 0 Å². The molecule has 0 spiro atoms. The molecule has 0 atom stereocenters. The summed E-state index contributed by atoms with van der Waals surface area (Å²) in [6.45, 7) is 7.99. The highest BCUT2D eigenvalue weighted by molar-refractivity contribution is 5.85. The van der Waals surface area contributed by atoms with Gasteiger partial charge in [-0.15, -0.1) is 0 Å². The Bertz CT molecular complexity index is 1490. The smallest absolute Gasteiger partial charge is 0.230 e. The van der Waals surface area contributed by atoms with Crippen LogP contribution in [0, 0.1) is 33.5 Å². The van der Waals surface area contributed by atoms with Crippen molar-refractivity contribution in [2.45, 2.75) is 27.7 Å². The number of nitrogens with one attached hydrogen (secondary N) is 1. The molecule has 33 heavy (non-hydrogen) atoms. The van der Waals surface area contributed by atoms with Crippen molar-refractivity contribution in [2.24, 2.45) is 0 Å². The molecule has 0 aliphatic rings. The molecule has 5 rings (SSSR count). The van der Waals surface area contributed by atoms with E-state index in [0.29, 0.717) is 17.6 Å². The standard InChI is InChI=1S/C25H22FN7/c1-14-11-15(2)23-20(12-14)16(3)28-25(30-23)31-24-27-10-9-22(29-24)21-13-33(32-17(21)4)19-7-5-18(26)6-8-19/h5-13H,1-4H3,(H,27,28,29,30,31). The van der Waals surface area contributed by atoms with Gasteiger partial charge in [-0.3, -0.25) is 5.32 Å². The molecule has 0 radical (unpaired) electrons. The van der Waals surface area contributed by atoms with Crippen molar-refractivity contribution < 1.29 is 4.39 Å². The van der Waals surface area contributed by atoms with Crippen LogP contribution in [-0.4, -0.2) is 29.7 Å². The molecule has 164 valence electrons. The van der Waals surface area contributed by atoms with Gasteiger partial charge < -0.3 is 0 Å². The molecule has 0 bridgehead atoms. The largest absolute Gasteiger partial charge is 0.293 e. The van der Waals surface area contributed by atoms with Crippen LogP contribution >= 0.6 is 0 Å². The third-order valence-corrected chi connectivity index (χ3v) is 5.47. The lowest BCUT2D eigenvalue weighted by atomic mass is 10.1. The number of hydrogen-bond donors (Lipinski definition) is 1. The maximum absolute atomic E-state index is 13.3. The van der Waals surface area contributed by atoms with Crippen molar-refractivity contribution in [1.29, 1.82) is 0 Å². The fourth-order valence-corrected chi connectivity index (χ4v) is 3.90. The van der Waals surface area contributed by atoms with E-state index in [4.69, 9.17) is 4.98 Å². The van der Waals surface area contributed by atoms with Gasteiger partial charge in [-0.05, 0) is 69.7 Å². The zero-order valence-corrected chi connectivity index (χ0v) is 18.8. The molecule has 2 aromatic carbocycles. The molecule has 8 heteroatoms. The van der Waals surface area contributed by atoms with E-state index in [0.717, 1.165) is 39.1 Å². The van der Waals surface area contributed by atoms with Crippen LogP contribution in [-0.2, 0) is 0 Å². The number of nitrogens with zero attached hydrogens (tertiary/aromatic N) is 6. The summed E-state index contributed by atoms with van der Waals surface area (Å²) >= 11 is 0. The number of fused-ring (bicyclic) bond motifs is 1. The van der Waals surface area contributed by atoms with Gasteiger partial charge in [0.25, 0.3) is 0 Å². The van der Waals surface area contributed by atoms with Gasteiger partial charge in [0.2, 0.25) is 11.9 Å². The van der Waals surface area contributed by atoms with Gasteiger partial charge in [0.1, 0.15) is 5.82 Å². The average Bonchev–Trinajstić information content (AvgIpc) is 3.17. The maximum atomic E-state index is 13.3. The number of halogens is 1. The van der Waals surface area contributed by atoms with Gasteiger partial charge in [-0.1, -0.05) is 11.6 Å². The predicted octanol–water partition coefficient (Wildman–Crippen LogP) is 5.39. The van der Waals surface area contributed by atoms with Crippen molar-refractivity contribution >= 4 is 22.8 Å². The van der Waals surface area contributed by atoms with Crippen molar-refractivity contribution in [2.75, 3.05) is 5.32 Å². The Hall–Kier alpha value is -4.20. The first-order valence-corrected chi connectivity index (χ1v) is 10.6. The Labute approximate surface area is 190 Å². The number of aryl methyl sites for hydroxylation is 4. The normalized spacial score (nSPS) is 11.2. The van der Waals surface area contributed by atoms with Gasteiger partial charge in [0, 0.05) is 23.3 Å². The summed E-state index contributed by atoms with van der Waals surface area (Å²) in [4.78, 5) is 18.3. The molecular weight excluding hydrogens is 417 g/mol. The van der Waals surface area contributed by atoms with E-state index in [1.807, 2.05) is 33.0 Å². The Morgan fingerprint density at radius 1 is 0.848 bits per heavy atom. The molecule has 0 fully saturated rings. The van der Waals surface area contributed by atoms with Crippen LogP contribution in [0.25, 0.3) is 27.8 Å². The molecule has 0 saturated carbocycles. The Morgan fingerprint density at radius 3 is 2.42 bits per heavy atom. The number of rotatable bonds is 4. The first-order valence-electron chi connectivity index (χ1n) is 10.6. The summed E-state index contributed by atoms with van der Waals surface area (Å²) in [5.41, 5.74) is 7.20. The van der Waals surface area contributed by atoms with Crippen molar-refractivity contribution in [1.82, 2.24) is 29.7 Å². The summed E-state index contributed by atoms with van der Waals surface area (Å²) in [6, 6.07) is 12.2. The van der Waals surface area contributed by atoms with E-state index in [9.17, 15) is 4.39 Å². The van der Waals surface area contributed by atoms with Gasteiger partial charge in [0.15, 0.2) is 0 Å². The fourth-order valence-electron chi connectivity index (χ4n) is 3.90. The predicted molar refractivity (Wildman–Crippen MR) is 126 cm³/mol. The van der Waals surface area contributed by atoms with Crippen LogP contribution in [0.2, 0.25) is 0 Å². The molecule has 0 aliphatic carbocycles. The van der Waals surface area contributed by atoms with Crippen LogP contribution in [0.15, 0.2) is 54.9 Å². The lowest BCUT2D eigenvalue weighted by Gasteiger charge is -2.10. The minimum atomic E-state index is -0.286. The van der Waals surface area contributed by atoms with Crippen molar-refractivity contribution in [3.63, 3.8) is 0 Å². The maximum Gasteiger partial charge on any atom is 0.230 e. The molecule has 0 amide bonds. The zero-order valence-electron chi connectivity index (χ0n) is 18.8. The monoisotopic (exact) mass is 439 g/mol. The third kappa shape index (κ3) is 4.03. The second-order valence-corrected chi connectivity index (χ2v) is 8.05. The molecule has 3 heterocycles. The molecular formula is C25H22FN7. The van der Waals surface area contributed by atoms with E-state index >= 15 is 0 Å². The van der Waals surface area contributed by atoms with Gasteiger partial charge in [0.05, 0.1) is 28.3 Å². The quantitative estimate of drug-likeness (QED) is 0.404. The highest BCUT2D eigenvalue weighted by Crippen LogP contribution is 2.25.